The summed E-state index contributed by atoms with van der Waals surface area (Å²) in [5.41, 5.74) is 0. The Hall–Kier alpha value is -1.40. The highest BCUT2D eigenvalue weighted by Crippen LogP contribution is 2.13. The lowest BCUT2D eigenvalue weighted by atomic mass is 10.2. The van der Waals surface area contributed by atoms with Crippen molar-refractivity contribution >= 4 is 12.0 Å². The van der Waals surface area contributed by atoms with Crippen LogP contribution in [0.5, 0.6) is 0 Å². The van der Waals surface area contributed by atoms with Crippen molar-refractivity contribution in [1.82, 2.24) is 4.90 Å². The van der Waals surface area contributed by atoms with Crippen LogP contribution in [0.3, 0.4) is 0 Å². The zero-order chi connectivity index (χ0) is 13.5. The molecule has 0 aromatic heterocycles. The Labute approximate surface area is 112 Å². The van der Waals surface area contributed by atoms with E-state index < -0.39 is 6.09 Å². The molecule has 0 spiro atoms. The van der Waals surface area contributed by atoms with Crippen LogP contribution in [-0.2, 0) is 19.0 Å². The minimum Gasteiger partial charge on any atom is -0.447 e. The van der Waals surface area contributed by atoms with Crippen molar-refractivity contribution in [2.45, 2.75) is 32.0 Å². The molecule has 0 saturated carbocycles. The van der Waals surface area contributed by atoms with Gasteiger partial charge in [-0.15, -0.1) is 0 Å². The third-order valence-electron chi connectivity index (χ3n) is 3.01. The van der Waals surface area contributed by atoms with Gasteiger partial charge in [-0.25, -0.2) is 9.69 Å². The topological polar surface area (TPSA) is 65.1 Å². The van der Waals surface area contributed by atoms with E-state index in [1.807, 2.05) is 0 Å². The van der Waals surface area contributed by atoms with Crippen molar-refractivity contribution in [3.8, 4) is 0 Å². The summed E-state index contributed by atoms with van der Waals surface area (Å²) in [7, 11) is 0. The highest BCUT2D eigenvalue weighted by molar-refractivity contribution is 5.99. The summed E-state index contributed by atoms with van der Waals surface area (Å²) in [6.07, 6.45) is 6.20. The number of carbonyl (C=O) groups excluding carboxylic acids is 2. The monoisotopic (exact) mass is 269 g/mol. The summed E-state index contributed by atoms with van der Waals surface area (Å²) in [6.45, 7) is 1.88. The maximum absolute atomic E-state index is 11.6. The number of hydrogen-bond acceptors (Lipinski definition) is 5. The Morgan fingerprint density at radius 2 is 2.32 bits per heavy atom. The van der Waals surface area contributed by atoms with Gasteiger partial charge in [-0.05, 0) is 31.8 Å². The van der Waals surface area contributed by atoms with Crippen LogP contribution in [0.25, 0.3) is 0 Å². The van der Waals surface area contributed by atoms with Gasteiger partial charge in [0.15, 0.2) is 6.29 Å². The van der Waals surface area contributed by atoms with Gasteiger partial charge in [0, 0.05) is 6.61 Å². The normalized spacial score (nSPS) is 23.9. The number of cyclic esters (lactones) is 1. The van der Waals surface area contributed by atoms with E-state index in [9.17, 15) is 9.59 Å². The second-order valence-electron chi connectivity index (χ2n) is 4.46. The van der Waals surface area contributed by atoms with E-state index in [1.54, 1.807) is 6.08 Å². The molecular formula is C13H19NO5. The van der Waals surface area contributed by atoms with Crippen molar-refractivity contribution in [3.63, 3.8) is 0 Å². The van der Waals surface area contributed by atoms with E-state index in [1.165, 1.54) is 6.08 Å². The quantitative estimate of drug-likeness (QED) is 0.558. The summed E-state index contributed by atoms with van der Waals surface area (Å²) >= 11 is 0. The first-order valence-corrected chi connectivity index (χ1v) is 6.65. The maximum Gasteiger partial charge on any atom is 0.416 e. The first-order valence-electron chi connectivity index (χ1n) is 6.65. The summed E-state index contributed by atoms with van der Waals surface area (Å²) in [5.74, 6) is -0.337. The van der Waals surface area contributed by atoms with E-state index in [4.69, 9.17) is 9.47 Å². The first-order chi connectivity index (χ1) is 9.27. The minimum absolute atomic E-state index is 0.105. The molecule has 19 heavy (non-hydrogen) atoms. The van der Waals surface area contributed by atoms with E-state index in [-0.39, 0.29) is 18.8 Å². The molecule has 2 amide bonds. The smallest absolute Gasteiger partial charge is 0.416 e. The average molecular weight is 269 g/mol. The predicted octanol–water partition coefficient (Wildman–Crippen LogP) is 1.45. The van der Waals surface area contributed by atoms with Gasteiger partial charge in [0.25, 0.3) is 5.91 Å². The lowest BCUT2D eigenvalue weighted by Gasteiger charge is -2.22. The van der Waals surface area contributed by atoms with Crippen LogP contribution in [-0.4, -0.2) is 49.6 Å². The molecule has 0 radical (unpaired) electrons. The molecule has 1 unspecified atom stereocenters. The molecule has 0 bridgehead atoms. The van der Waals surface area contributed by atoms with E-state index in [2.05, 4.69) is 4.74 Å². The van der Waals surface area contributed by atoms with Crippen LogP contribution >= 0.6 is 0 Å². The second kappa shape index (κ2) is 7.25. The molecule has 106 valence electrons. The third kappa shape index (κ3) is 4.33. The van der Waals surface area contributed by atoms with Crippen LogP contribution in [0, 0.1) is 0 Å². The van der Waals surface area contributed by atoms with Crippen molar-refractivity contribution in [2.24, 2.45) is 0 Å². The number of imide groups is 1. The van der Waals surface area contributed by atoms with Gasteiger partial charge in [0.2, 0.25) is 0 Å². The molecule has 0 N–H and O–H groups in total. The van der Waals surface area contributed by atoms with Crippen molar-refractivity contribution in [2.75, 3.05) is 26.4 Å². The fourth-order valence-electron chi connectivity index (χ4n) is 1.98. The summed E-state index contributed by atoms with van der Waals surface area (Å²) < 4.78 is 15.6. The summed E-state index contributed by atoms with van der Waals surface area (Å²) in [5, 5.41) is 0. The van der Waals surface area contributed by atoms with Gasteiger partial charge in [-0.1, -0.05) is 6.08 Å². The standard InChI is InChI=1S/C13H19NO5/c15-11(14-7-10-19-13(14)16)5-1-3-8-17-12-6-2-4-9-18-12/h1,5,12H,2-4,6-10H2. The lowest BCUT2D eigenvalue weighted by Crippen LogP contribution is -2.29. The number of hydrogen-bond donors (Lipinski definition) is 0. The zero-order valence-corrected chi connectivity index (χ0v) is 10.9. The Morgan fingerprint density at radius 3 is 3.00 bits per heavy atom. The second-order valence-corrected chi connectivity index (χ2v) is 4.46. The lowest BCUT2D eigenvalue weighted by molar-refractivity contribution is -0.161. The highest BCUT2D eigenvalue weighted by Gasteiger charge is 2.26. The number of amides is 2. The van der Waals surface area contributed by atoms with Gasteiger partial charge in [0.05, 0.1) is 13.2 Å². The van der Waals surface area contributed by atoms with Gasteiger partial charge >= 0.3 is 6.09 Å². The van der Waals surface area contributed by atoms with Crippen LogP contribution in [0.2, 0.25) is 0 Å². The van der Waals surface area contributed by atoms with Gasteiger partial charge in [-0.2, -0.15) is 0 Å². The van der Waals surface area contributed by atoms with Crippen molar-refractivity contribution in [1.29, 1.82) is 0 Å². The number of carbonyl (C=O) groups is 2. The first kappa shape index (κ1) is 14.0. The maximum atomic E-state index is 11.6. The van der Waals surface area contributed by atoms with Crippen molar-refractivity contribution < 1.29 is 23.8 Å². The van der Waals surface area contributed by atoms with Crippen molar-refractivity contribution in [3.05, 3.63) is 12.2 Å². The number of ether oxygens (including phenoxy) is 3. The Morgan fingerprint density at radius 1 is 1.42 bits per heavy atom. The van der Waals surface area contributed by atoms with Gasteiger partial charge in [0.1, 0.15) is 6.61 Å². The predicted molar refractivity (Wildman–Crippen MR) is 66.4 cm³/mol. The third-order valence-corrected chi connectivity index (χ3v) is 3.01. The summed E-state index contributed by atoms with van der Waals surface area (Å²) in [4.78, 5) is 23.8. The largest absolute Gasteiger partial charge is 0.447 e. The molecular weight excluding hydrogens is 250 g/mol. The Balaban J connectivity index is 1.60. The molecule has 6 heteroatoms. The molecule has 2 rings (SSSR count). The SMILES string of the molecule is O=C(C=CCCOC1CCCCO1)N1CCOC1=O. The average Bonchev–Trinajstić information content (AvgIpc) is 2.86. The van der Waals surface area contributed by atoms with E-state index in [0.717, 1.165) is 30.8 Å². The zero-order valence-electron chi connectivity index (χ0n) is 10.9. The van der Waals surface area contributed by atoms with E-state index in [0.29, 0.717) is 19.6 Å². The molecule has 0 aromatic rings. The molecule has 2 fully saturated rings. The fraction of sp³-hybridized carbons (Fsp3) is 0.692. The molecule has 2 aliphatic rings. The van der Waals surface area contributed by atoms with Crippen LogP contribution < -0.4 is 0 Å². The molecule has 0 aromatic carbocycles. The van der Waals surface area contributed by atoms with Gasteiger partial charge in [-0.3, -0.25) is 4.79 Å². The van der Waals surface area contributed by atoms with Crippen LogP contribution in [0.1, 0.15) is 25.7 Å². The molecule has 0 aliphatic carbocycles. The molecule has 2 heterocycles. The number of rotatable bonds is 5. The van der Waals surface area contributed by atoms with E-state index >= 15 is 0 Å². The Kier molecular flexibility index (Phi) is 5.35. The molecule has 2 saturated heterocycles. The minimum atomic E-state index is -0.568. The van der Waals surface area contributed by atoms with Gasteiger partial charge < -0.3 is 14.2 Å². The van der Waals surface area contributed by atoms with Crippen LogP contribution in [0.15, 0.2) is 12.2 Å². The number of nitrogens with zero attached hydrogens (tertiary/aromatic N) is 1. The van der Waals surface area contributed by atoms with Crippen LogP contribution in [0.4, 0.5) is 4.79 Å². The molecule has 1 atom stereocenters. The molecule has 2 aliphatic heterocycles. The highest BCUT2D eigenvalue weighted by atomic mass is 16.7. The fourth-order valence-corrected chi connectivity index (χ4v) is 1.98. The summed E-state index contributed by atoms with van der Waals surface area (Å²) in [6, 6.07) is 0. The molecule has 6 nitrogen and oxygen atoms in total. The Bertz CT molecular complexity index is 349.